The normalized spacial score (nSPS) is 10.8. The third-order valence-corrected chi connectivity index (χ3v) is 6.07. The summed E-state index contributed by atoms with van der Waals surface area (Å²) in [6.07, 6.45) is 0. The van der Waals surface area contributed by atoms with E-state index < -0.39 is 0 Å². The highest BCUT2D eigenvalue weighted by molar-refractivity contribution is 7.99. The molecule has 1 heterocycles. The lowest BCUT2D eigenvalue weighted by atomic mass is 10.1. The van der Waals surface area contributed by atoms with Crippen LogP contribution >= 0.6 is 23.4 Å². The summed E-state index contributed by atoms with van der Waals surface area (Å²) in [5.41, 5.74) is 4.42. The van der Waals surface area contributed by atoms with Crippen LogP contribution in [0.4, 0.5) is 5.69 Å². The number of nitrogens with one attached hydrogen (secondary N) is 1. The Morgan fingerprint density at radius 1 is 1.03 bits per heavy atom. The zero-order valence-electron chi connectivity index (χ0n) is 17.5. The van der Waals surface area contributed by atoms with Gasteiger partial charge in [0, 0.05) is 16.3 Å². The zero-order valence-corrected chi connectivity index (χ0v) is 19.1. The average Bonchev–Trinajstić information content (AvgIpc) is 3.19. The molecule has 0 aliphatic carbocycles. The number of carbonyl (C=O) groups excluding carboxylic acids is 1. The third-order valence-electron chi connectivity index (χ3n) is 4.90. The maximum atomic E-state index is 12.7. The van der Waals surface area contributed by atoms with Crippen LogP contribution in [0.15, 0.2) is 71.9 Å². The van der Waals surface area contributed by atoms with E-state index in [0.29, 0.717) is 16.0 Å². The van der Waals surface area contributed by atoms with Gasteiger partial charge in [0.15, 0.2) is 11.0 Å². The topological polar surface area (TPSA) is 80.0 Å². The SMILES string of the molecule is Cc1cccc(C)c1NC(=O)CSc1nnc(-c2ccc(O)cc2)n1-c1cccc(Cl)c1. The number of phenolic OH excluding ortho intramolecular Hbond substituents is 1. The summed E-state index contributed by atoms with van der Waals surface area (Å²) in [4.78, 5) is 12.7. The molecular weight excluding hydrogens is 444 g/mol. The zero-order chi connectivity index (χ0) is 22.7. The van der Waals surface area contributed by atoms with Gasteiger partial charge < -0.3 is 10.4 Å². The number of hydrogen-bond acceptors (Lipinski definition) is 5. The fourth-order valence-corrected chi connectivity index (χ4v) is 4.26. The summed E-state index contributed by atoms with van der Waals surface area (Å²) in [6, 6.07) is 20.0. The molecule has 1 amide bonds. The minimum absolute atomic E-state index is 0.126. The molecule has 0 saturated heterocycles. The number of rotatable bonds is 6. The summed E-state index contributed by atoms with van der Waals surface area (Å²) in [5, 5.41) is 22.4. The predicted molar refractivity (Wildman–Crippen MR) is 129 cm³/mol. The number of amides is 1. The van der Waals surface area contributed by atoms with Crippen molar-refractivity contribution < 1.29 is 9.90 Å². The van der Waals surface area contributed by atoms with Crippen LogP contribution in [-0.2, 0) is 4.79 Å². The second-order valence-corrected chi connectivity index (χ2v) is 8.65. The van der Waals surface area contributed by atoms with Crippen molar-refractivity contribution in [2.75, 3.05) is 11.1 Å². The number of hydrogen-bond donors (Lipinski definition) is 2. The van der Waals surface area contributed by atoms with E-state index >= 15 is 0 Å². The number of para-hydroxylation sites is 1. The van der Waals surface area contributed by atoms with Gasteiger partial charge in [-0.2, -0.15) is 0 Å². The van der Waals surface area contributed by atoms with E-state index in [1.165, 1.54) is 11.8 Å². The number of benzene rings is 3. The molecule has 0 aliphatic heterocycles. The number of carbonyl (C=O) groups is 1. The molecule has 2 N–H and O–H groups in total. The first-order chi connectivity index (χ1) is 15.4. The fraction of sp³-hybridized carbons (Fsp3) is 0.125. The number of anilines is 1. The van der Waals surface area contributed by atoms with Gasteiger partial charge in [0.2, 0.25) is 5.91 Å². The molecule has 4 rings (SSSR count). The molecule has 8 heteroatoms. The quantitative estimate of drug-likeness (QED) is 0.361. The molecule has 3 aromatic carbocycles. The molecule has 1 aromatic heterocycles. The van der Waals surface area contributed by atoms with Gasteiger partial charge in [-0.3, -0.25) is 9.36 Å². The highest BCUT2D eigenvalue weighted by Crippen LogP contribution is 2.30. The number of aromatic nitrogens is 3. The van der Waals surface area contributed by atoms with E-state index in [2.05, 4.69) is 15.5 Å². The van der Waals surface area contributed by atoms with Gasteiger partial charge in [0.25, 0.3) is 0 Å². The largest absolute Gasteiger partial charge is 0.508 e. The van der Waals surface area contributed by atoms with Crippen LogP contribution in [0.25, 0.3) is 17.1 Å². The first-order valence-corrected chi connectivity index (χ1v) is 11.3. The Hall–Kier alpha value is -3.29. The van der Waals surface area contributed by atoms with Gasteiger partial charge in [-0.25, -0.2) is 0 Å². The number of aryl methyl sites for hydroxylation is 2. The van der Waals surface area contributed by atoms with Crippen molar-refractivity contribution in [2.45, 2.75) is 19.0 Å². The van der Waals surface area contributed by atoms with Crippen molar-refractivity contribution in [3.63, 3.8) is 0 Å². The van der Waals surface area contributed by atoms with E-state index in [0.717, 1.165) is 28.1 Å². The van der Waals surface area contributed by atoms with Crippen LogP contribution in [0.3, 0.4) is 0 Å². The van der Waals surface area contributed by atoms with Gasteiger partial charge in [0.1, 0.15) is 5.75 Å². The van der Waals surface area contributed by atoms with Crippen molar-refractivity contribution in [1.29, 1.82) is 0 Å². The molecule has 32 heavy (non-hydrogen) atoms. The second kappa shape index (κ2) is 9.46. The lowest BCUT2D eigenvalue weighted by molar-refractivity contribution is -0.113. The Balaban J connectivity index is 1.62. The third kappa shape index (κ3) is 4.79. The number of phenols is 1. The van der Waals surface area contributed by atoms with Crippen molar-refractivity contribution in [3.05, 3.63) is 82.9 Å². The maximum Gasteiger partial charge on any atom is 0.234 e. The van der Waals surface area contributed by atoms with E-state index in [-0.39, 0.29) is 17.4 Å². The van der Waals surface area contributed by atoms with Crippen LogP contribution in [-0.4, -0.2) is 31.5 Å². The van der Waals surface area contributed by atoms with Crippen LogP contribution in [0.1, 0.15) is 11.1 Å². The van der Waals surface area contributed by atoms with E-state index in [9.17, 15) is 9.90 Å². The van der Waals surface area contributed by atoms with Crippen LogP contribution in [0.5, 0.6) is 5.75 Å². The number of nitrogens with zero attached hydrogens (tertiary/aromatic N) is 3. The smallest absolute Gasteiger partial charge is 0.234 e. The summed E-state index contributed by atoms with van der Waals surface area (Å²) < 4.78 is 1.86. The summed E-state index contributed by atoms with van der Waals surface area (Å²) in [7, 11) is 0. The minimum atomic E-state index is -0.126. The van der Waals surface area contributed by atoms with Gasteiger partial charge in [-0.05, 0) is 67.4 Å². The van der Waals surface area contributed by atoms with Gasteiger partial charge in [0.05, 0.1) is 11.4 Å². The highest BCUT2D eigenvalue weighted by Gasteiger charge is 2.18. The van der Waals surface area contributed by atoms with Gasteiger partial charge in [-0.15, -0.1) is 10.2 Å². The first kappa shape index (κ1) is 21.9. The molecule has 0 saturated carbocycles. The molecule has 0 atom stereocenters. The molecule has 0 unspecified atom stereocenters. The van der Waals surface area contributed by atoms with Crippen LogP contribution in [0, 0.1) is 13.8 Å². The lowest BCUT2D eigenvalue weighted by Crippen LogP contribution is -2.16. The maximum absolute atomic E-state index is 12.7. The number of aromatic hydroxyl groups is 1. The van der Waals surface area contributed by atoms with Crippen LogP contribution in [0.2, 0.25) is 5.02 Å². The van der Waals surface area contributed by atoms with E-state index in [4.69, 9.17) is 11.6 Å². The van der Waals surface area contributed by atoms with Gasteiger partial charge >= 0.3 is 0 Å². The standard InChI is InChI=1S/C24H21ClN4O2S/c1-15-5-3-6-16(2)22(15)26-21(31)14-32-24-28-27-23(17-9-11-20(30)12-10-17)29(24)19-8-4-7-18(25)13-19/h3-13,30H,14H2,1-2H3,(H,26,31). The number of halogens is 1. The molecule has 0 spiro atoms. The summed E-state index contributed by atoms with van der Waals surface area (Å²) in [6.45, 7) is 3.94. The molecule has 0 bridgehead atoms. The Labute approximate surface area is 195 Å². The molecule has 0 aliphatic rings. The van der Waals surface area contributed by atoms with Crippen molar-refractivity contribution >= 4 is 35.0 Å². The highest BCUT2D eigenvalue weighted by atomic mass is 35.5. The molecule has 4 aromatic rings. The summed E-state index contributed by atoms with van der Waals surface area (Å²) >= 11 is 7.51. The average molecular weight is 465 g/mol. The van der Waals surface area contributed by atoms with Crippen molar-refractivity contribution in [2.24, 2.45) is 0 Å². The molecule has 162 valence electrons. The fourth-order valence-electron chi connectivity index (χ4n) is 3.33. The van der Waals surface area contributed by atoms with Gasteiger partial charge in [-0.1, -0.05) is 47.6 Å². The molecule has 0 fully saturated rings. The lowest BCUT2D eigenvalue weighted by Gasteiger charge is -2.12. The Kier molecular flexibility index (Phi) is 6.48. The molecular formula is C24H21ClN4O2S. The molecule has 0 radical (unpaired) electrons. The number of thioether (sulfide) groups is 1. The van der Waals surface area contributed by atoms with E-state index in [1.807, 2.05) is 54.8 Å². The molecule has 6 nitrogen and oxygen atoms in total. The van der Waals surface area contributed by atoms with Crippen LogP contribution < -0.4 is 5.32 Å². The monoisotopic (exact) mass is 464 g/mol. The Bertz CT molecular complexity index is 1250. The van der Waals surface area contributed by atoms with Crippen molar-refractivity contribution in [3.8, 4) is 22.8 Å². The summed E-state index contributed by atoms with van der Waals surface area (Å²) in [5.74, 6) is 0.798. The first-order valence-electron chi connectivity index (χ1n) is 9.92. The Morgan fingerprint density at radius 3 is 2.41 bits per heavy atom. The Morgan fingerprint density at radius 2 is 1.72 bits per heavy atom. The van der Waals surface area contributed by atoms with Crippen molar-refractivity contribution in [1.82, 2.24) is 14.8 Å². The predicted octanol–water partition coefficient (Wildman–Crippen LogP) is 5.64. The second-order valence-electron chi connectivity index (χ2n) is 7.27. The minimum Gasteiger partial charge on any atom is -0.508 e. The van der Waals surface area contributed by atoms with E-state index in [1.54, 1.807) is 30.3 Å².